The molecule has 2 aromatic rings. The van der Waals surface area contributed by atoms with Gasteiger partial charge in [-0.15, -0.1) is 0 Å². The molecule has 1 amide bonds. The molecule has 0 aromatic heterocycles. The minimum atomic E-state index is -1.04. The Balaban J connectivity index is 1.92. The van der Waals surface area contributed by atoms with Gasteiger partial charge >= 0.3 is 5.97 Å². The molecule has 0 aliphatic carbocycles. The Bertz CT molecular complexity index is 685. The van der Waals surface area contributed by atoms with Gasteiger partial charge in [0.2, 0.25) is 5.91 Å². The summed E-state index contributed by atoms with van der Waals surface area (Å²) in [7, 11) is 1.58. The fourth-order valence-corrected chi connectivity index (χ4v) is 2.47. The predicted molar refractivity (Wildman–Crippen MR) is 91.0 cm³/mol. The number of hydrogen-bond donors (Lipinski definition) is 2. The SMILES string of the molecule is COc1ccccc1CCC(=O)N[C@H](Cc1ccccc1)C(=O)O. The Morgan fingerprint density at radius 1 is 1.08 bits per heavy atom. The average Bonchev–Trinajstić information content (AvgIpc) is 2.60. The van der Waals surface area contributed by atoms with Crippen LogP contribution in [-0.4, -0.2) is 30.1 Å². The van der Waals surface area contributed by atoms with Crippen LogP contribution in [0.1, 0.15) is 17.5 Å². The maximum atomic E-state index is 12.1. The van der Waals surface area contributed by atoms with Gasteiger partial charge in [-0.05, 0) is 23.6 Å². The van der Waals surface area contributed by atoms with Gasteiger partial charge in [-0.3, -0.25) is 4.79 Å². The molecule has 5 nitrogen and oxygen atoms in total. The maximum Gasteiger partial charge on any atom is 0.326 e. The maximum absolute atomic E-state index is 12.1. The molecule has 24 heavy (non-hydrogen) atoms. The van der Waals surface area contributed by atoms with Crippen molar-refractivity contribution < 1.29 is 19.4 Å². The summed E-state index contributed by atoms with van der Waals surface area (Å²) in [5.74, 6) is -0.599. The minimum absolute atomic E-state index is 0.207. The number of aliphatic carboxylic acids is 1. The smallest absolute Gasteiger partial charge is 0.326 e. The molecule has 5 heteroatoms. The standard InChI is InChI=1S/C19H21NO4/c1-24-17-10-6-5-9-15(17)11-12-18(21)20-16(19(22)23)13-14-7-3-2-4-8-14/h2-10,16H,11-13H2,1H3,(H,20,21)(H,22,23)/t16-/m1/s1. The van der Waals surface area contributed by atoms with E-state index in [9.17, 15) is 14.7 Å². The molecule has 1 atom stereocenters. The summed E-state index contributed by atoms with van der Waals surface area (Å²) in [5.41, 5.74) is 1.79. The molecule has 0 radical (unpaired) electrons. The van der Waals surface area contributed by atoms with Gasteiger partial charge in [-0.2, -0.15) is 0 Å². The Morgan fingerprint density at radius 2 is 1.75 bits per heavy atom. The Hall–Kier alpha value is -2.82. The number of nitrogens with one attached hydrogen (secondary N) is 1. The minimum Gasteiger partial charge on any atom is -0.496 e. The molecule has 0 spiro atoms. The molecule has 0 aliphatic rings. The van der Waals surface area contributed by atoms with Gasteiger partial charge in [-0.25, -0.2) is 4.79 Å². The third kappa shape index (κ3) is 5.12. The van der Waals surface area contributed by atoms with Gasteiger partial charge in [0.15, 0.2) is 0 Å². The van der Waals surface area contributed by atoms with Gasteiger partial charge in [0, 0.05) is 12.8 Å². The highest BCUT2D eigenvalue weighted by Crippen LogP contribution is 2.18. The second-order valence-corrected chi connectivity index (χ2v) is 5.46. The molecule has 0 fully saturated rings. The summed E-state index contributed by atoms with van der Waals surface area (Å²) in [4.78, 5) is 23.5. The quantitative estimate of drug-likeness (QED) is 0.781. The first-order valence-electron chi connectivity index (χ1n) is 7.78. The monoisotopic (exact) mass is 327 g/mol. The second-order valence-electron chi connectivity index (χ2n) is 5.46. The van der Waals surface area contributed by atoms with E-state index in [2.05, 4.69) is 5.32 Å². The Labute approximate surface area is 141 Å². The van der Waals surface area contributed by atoms with Crippen molar-refractivity contribution in [1.82, 2.24) is 5.32 Å². The highest BCUT2D eigenvalue weighted by atomic mass is 16.5. The summed E-state index contributed by atoms with van der Waals surface area (Å²) in [6.45, 7) is 0. The van der Waals surface area contributed by atoms with Crippen LogP contribution in [0.5, 0.6) is 5.75 Å². The molecule has 0 aliphatic heterocycles. The molecular weight excluding hydrogens is 306 g/mol. The topological polar surface area (TPSA) is 75.6 Å². The number of amides is 1. The molecule has 126 valence electrons. The number of ether oxygens (including phenoxy) is 1. The molecule has 2 aromatic carbocycles. The number of benzene rings is 2. The predicted octanol–water partition coefficient (Wildman–Crippen LogP) is 2.44. The van der Waals surface area contributed by atoms with Gasteiger partial charge in [-0.1, -0.05) is 48.5 Å². The molecule has 0 bridgehead atoms. The number of hydrogen-bond acceptors (Lipinski definition) is 3. The highest BCUT2D eigenvalue weighted by Gasteiger charge is 2.20. The van der Waals surface area contributed by atoms with E-state index in [0.717, 1.165) is 16.9 Å². The van der Waals surface area contributed by atoms with Crippen LogP contribution < -0.4 is 10.1 Å². The van der Waals surface area contributed by atoms with Crippen LogP contribution in [0.3, 0.4) is 0 Å². The van der Waals surface area contributed by atoms with Crippen LogP contribution in [0.4, 0.5) is 0 Å². The zero-order valence-electron chi connectivity index (χ0n) is 13.6. The number of para-hydroxylation sites is 1. The summed E-state index contributed by atoms with van der Waals surface area (Å²) in [6.07, 6.45) is 0.961. The van der Waals surface area contributed by atoms with Crippen LogP contribution >= 0.6 is 0 Å². The van der Waals surface area contributed by atoms with Gasteiger partial charge < -0.3 is 15.2 Å². The van der Waals surface area contributed by atoms with Crippen LogP contribution in [0.2, 0.25) is 0 Å². The van der Waals surface area contributed by atoms with E-state index < -0.39 is 12.0 Å². The lowest BCUT2D eigenvalue weighted by atomic mass is 10.0. The van der Waals surface area contributed by atoms with Crippen molar-refractivity contribution in [1.29, 1.82) is 0 Å². The first-order valence-corrected chi connectivity index (χ1v) is 7.78. The van der Waals surface area contributed by atoms with Crippen LogP contribution in [-0.2, 0) is 22.4 Å². The number of carbonyl (C=O) groups is 2. The number of methoxy groups -OCH3 is 1. The fraction of sp³-hybridized carbons (Fsp3) is 0.263. The Morgan fingerprint density at radius 3 is 2.42 bits per heavy atom. The lowest BCUT2D eigenvalue weighted by Crippen LogP contribution is -2.42. The molecule has 0 saturated heterocycles. The van der Waals surface area contributed by atoms with Crippen molar-refractivity contribution in [3.63, 3.8) is 0 Å². The number of carboxylic acid groups (broad SMARTS) is 1. The molecule has 0 saturated carbocycles. The normalized spacial score (nSPS) is 11.5. The lowest BCUT2D eigenvalue weighted by Gasteiger charge is -2.15. The second kappa shape index (κ2) is 8.72. The van der Waals surface area contributed by atoms with Gasteiger partial charge in [0.05, 0.1) is 7.11 Å². The van der Waals surface area contributed by atoms with Crippen LogP contribution in [0.25, 0.3) is 0 Å². The van der Waals surface area contributed by atoms with Crippen molar-refractivity contribution in [3.05, 3.63) is 65.7 Å². The van der Waals surface area contributed by atoms with Crippen molar-refractivity contribution in [3.8, 4) is 5.75 Å². The average molecular weight is 327 g/mol. The zero-order valence-corrected chi connectivity index (χ0v) is 13.6. The largest absolute Gasteiger partial charge is 0.496 e. The van der Waals surface area contributed by atoms with E-state index in [-0.39, 0.29) is 18.7 Å². The van der Waals surface area contributed by atoms with Gasteiger partial charge in [0.1, 0.15) is 11.8 Å². The number of rotatable bonds is 8. The lowest BCUT2D eigenvalue weighted by molar-refractivity contribution is -0.141. The van der Waals surface area contributed by atoms with Gasteiger partial charge in [0.25, 0.3) is 0 Å². The molecule has 0 heterocycles. The molecule has 0 unspecified atom stereocenters. The van der Waals surface area contributed by atoms with Crippen LogP contribution in [0.15, 0.2) is 54.6 Å². The first kappa shape index (κ1) is 17.5. The summed E-state index contributed by atoms with van der Waals surface area (Å²) >= 11 is 0. The van der Waals surface area contributed by atoms with E-state index in [1.54, 1.807) is 7.11 Å². The Kier molecular flexibility index (Phi) is 6.37. The van der Waals surface area contributed by atoms with Crippen LogP contribution in [0, 0.1) is 0 Å². The van der Waals surface area contributed by atoms with Crippen molar-refractivity contribution in [2.75, 3.05) is 7.11 Å². The van der Waals surface area contributed by atoms with Crippen molar-refractivity contribution in [2.45, 2.75) is 25.3 Å². The summed E-state index contributed by atoms with van der Waals surface area (Å²) in [6, 6.07) is 15.8. The number of carbonyl (C=O) groups excluding carboxylic acids is 1. The van der Waals surface area contributed by atoms with Crippen molar-refractivity contribution in [2.24, 2.45) is 0 Å². The molecule has 2 rings (SSSR count). The van der Waals surface area contributed by atoms with E-state index in [1.165, 1.54) is 0 Å². The van der Waals surface area contributed by atoms with E-state index >= 15 is 0 Å². The van der Waals surface area contributed by atoms with E-state index in [1.807, 2.05) is 54.6 Å². The molecule has 2 N–H and O–H groups in total. The van der Waals surface area contributed by atoms with E-state index in [4.69, 9.17) is 4.74 Å². The fourth-order valence-electron chi connectivity index (χ4n) is 2.47. The number of carboxylic acids is 1. The highest BCUT2D eigenvalue weighted by molar-refractivity contribution is 5.83. The van der Waals surface area contributed by atoms with E-state index in [0.29, 0.717) is 6.42 Å². The summed E-state index contributed by atoms with van der Waals surface area (Å²) in [5, 5.41) is 11.9. The third-order valence-electron chi connectivity index (χ3n) is 3.73. The molecular formula is C19H21NO4. The first-order chi connectivity index (χ1) is 11.6. The zero-order chi connectivity index (χ0) is 17.4. The van der Waals surface area contributed by atoms with Crippen molar-refractivity contribution >= 4 is 11.9 Å². The third-order valence-corrected chi connectivity index (χ3v) is 3.73. The number of aryl methyl sites for hydroxylation is 1. The summed E-state index contributed by atoms with van der Waals surface area (Å²) < 4.78 is 5.25.